The van der Waals surface area contributed by atoms with Gasteiger partial charge in [0.15, 0.2) is 0 Å². The fourth-order valence-corrected chi connectivity index (χ4v) is 15.4. The lowest BCUT2D eigenvalue weighted by Gasteiger charge is -2.59. The first-order chi connectivity index (χ1) is 22.6. The number of esters is 2. The molecule has 0 heterocycles. The van der Waals surface area contributed by atoms with Crippen LogP contribution in [0.25, 0.3) is 0 Å². The minimum Gasteiger partial charge on any atom is -0.744 e. The first kappa shape index (κ1) is 34.6. The summed E-state index contributed by atoms with van der Waals surface area (Å²) in [6.07, 6.45) is 10.6. The number of ether oxygens (including phenoxy) is 2. The van der Waals surface area contributed by atoms with Crippen LogP contribution in [0.5, 0.6) is 5.75 Å². The largest absolute Gasteiger partial charge is 0.744 e. The van der Waals surface area contributed by atoms with Crippen molar-refractivity contribution in [1.82, 2.24) is 0 Å². The smallest absolute Gasteiger partial charge is 0.339 e. The molecule has 258 valence electrons. The standard InChI is InChI=1S/C37H41I3O7S/c1-19(2)27-9-26(10-29(32(27)48(43,44)45)35-11-20-3-21(12-35)5-22(4-20)13-35)46-34(42)36-14-23-6-24(15-36)17-37(16-23,18-36)47-33(41)28-7-25(38)8-30(39)31(28)40/h7-10,19-24H,3-6,11-18H2,1-2H3,(H,43,44,45)/p-1. The van der Waals surface area contributed by atoms with E-state index in [0.717, 1.165) is 49.2 Å². The maximum absolute atomic E-state index is 14.5. The molecule has 10 rings (SSSR count). The Morgan fingerprint density at radius 1 is 0.833 bits per heavy atom. The molecular formula is C37H40I3O7S-. The van der Waals surface area contributed by atoms with Crippen molar-refractivity contribution in [2.24, 2.45) is 35.0 Å². The van der Waals surface area contributed by atoms with E-state index in [4.69, 9.17) is 9.47 Å². The van der Waals surface area contributed by atoms with E-state index in [0.29, 0.717) is 59.5 Å². The summed E-state index contributed by atoms with van der Waals surface area (Å²) < 4.78 is 54.7. The van der Waals surface area contributed by atoms with E-state index in [-0.39, 0.29) is 40.0 Å². The Morgan fingerprint density at radius 2 is 1.42 bits per heavy atom. The van der Waals surface area contributed by atoms with Gasteiger partial charge in [-0.3, -0.25) is 4.79 Å². The van der Waals surface area contributed by atoms with E-state index in [1.165, 1.54) is 19.3 Å². The predicted octanol–water partition coefficient (Wildman–Crippen LogP) is 9.10. The third-order valence-electron chi connectivity index (χ3n) is 12.7. The summed E-state index contributed by atoms with van der Waals surface area (Å²) in [4.78, 5) is 28.1. The molecule has 2 aromatic carbocycles. The summed E-state index contributed by atoms with van der Waals surface area (Å²) in [6.45, 7) is 3.79. The molecule has 8 aliphatic rings. The molecular weight excluding hydrogens is 969 g/mol. The lowest BCUT2D eigenvalue weighted by atomic mass is 9.48. The Bertz CT molecular complexity index is 1790. The average Bonchev–Trinajstić information content (AvgIpc) is 2.96. The van der Waals surface area contributed by atoms with Crippen LogP contribution in [0.1, 0.15) is 118 Å². The van der Waals surface area contributed by atoms with Crippen LogP contribution in [0.3, 0.4) is 0 Å². The zero-order valence-corrected chi connectivity index (χ0v) is 34.4. The van der Waals surface area contributed by atoms with Crippen molar-refractivity contribution in [2.75, 3.05) is 0 Å². The van der Waals surface area contributed by atoms with Crippen LogP contribution in [0, 0.1) is 45.7 Å². The van der Waals surface area contributed by atoms with Gasteiger partial charge in [0.1, 0.15) is 21.5 Å². The van der Waals surface area contributed by atoms with Crippen molar-refractivity contribution in [1.29, 1.82) is 0 Å². The van der Waals surface area contributed by atoms with Gasteiger partial charge in [-0.15, -0.1) is 0 Å². The average molecular weight is 1010 g/mol. The fraction of sp³-hybridized carbons (Fsp3) is 0.622. The van der Waals surface area contributed by atoms with E-state index in [2.05, 4.69) is 67.8 Å². The second kappa shape index (κ2) is 12.0. The van der Waals surface area contributed by atoms with Crippen molar-refractivity contribution < 1.29 is 32.0 Å². The Hall–Kier alpha value is -0.520. The second-order valence-corrected chi connectivity index (χ2v) is 21.5. The van der Waals surface area contributed by atoms with Crippen LogP contribution in [-0.2, 0) is 25.1 Å². The molecule has 8 aliphatic carbocycles. The molecule has 0 amide bonds. The van der Waals surface area contributed by atoms with Gasteiger partial charge in [-0.25, -0.2) is 13.2 Å². The predicted molar refractivity (Wildman–Crippen MR) is 204 cm³/mol. The monoisotopic (exact) mass is 1010 g/mol. The summed E-state index contributed by atoms with van der Waals surface area (Å²) >= 11 is 6.67. The molecule has 11 heteroatoms. The van der Waals surface area contributed by atoms with Crippen molar-refractivity contribution in [3.63, 3.8) is 0 Å². The molecule has 2 unspecified atom stereocenters. The lowest BCUT2D eigenvalue weighted by molar-refractivity contribution is -0.189. The van der Waals surface area contributed by atoms with Gasteiger partial charge in [0.2, 0.25) is 0 Å². The van der Waals surface area contributed by atoms with Crippen molar-refractivity contribution in [3.8, 4) is 5.75 Å². The molecule has 8 saturated carbocycles. The number of carbonyl (C=O) groups is 2. The minimum absolute atomic E-state index is 0.0835. The van der Waals surface area contributed by atoms with Gasteiger partial charge < -0.3 is 14.0 Å². The number of rotatable bonds is 7. The van der Waals surface area contributed by atoms with Crippen molar-refractivity contribution in [3.05, 3.63) is 51.7 Å². The van der Waals surface area contributed by atoms with E-state index in [1.54, 1.807) is 12.1 Å². The quantitative estimate of drug-likeness (QED) is 0.0896. The fourth-order valence-electron chi connectivity index (χ4n) is 11.9. The Morgan fingerprint density at radius 3 is 1.98 bits per heavy atom. The third-order valence-corrected chi connectivity index (χ3v) is 17.4. The van der Waals surface area contributed by atoms with E-state index in [9.17, 15) is 22.6 Å². The molecule has 0 saturated heterocycles. The Labute approximate surface area is 324 Å². The highest BCUT2D eigenvalue weighted by atomic mass is 127. The molecule has 2 aromatic rings. The third kappa shape index (κ3) is 5.90. The maximum Gasteiger partial charge on any atom is 0.339 e. The highest BCUT2D eigenvalue weighted by Gasteiger charge is 2.63. The number of hydrogen-bond donors (Lipinski definition) is 0. The van der Waals surface area contributed by atoms with Crippen LogP contribution >= 0.6 is 67.8 Å². The van der Waals surface area contributed by atoms with Gasteiger partial charge in [-0.1, -0.05) is 13.8 Å². The maximum atomic E-state index is 14.5. The van der Waals surface area contributed by atoms with Crippen molar-refractivity contribution in [2.45, 2.75) is 113 Å². The molecule has 2 atom stereocenters. The summed E-state index contributed by atoms with van der Waals surface area (Å²) in [5.41, 5.74) is -0.284. The summed E-state index contributed by atoms with van der Waals surface area (Å²) in [6, 6.07) is 7.29. The van der Waals surface area contributed by atoms with Gasteiger partial charge in [0, 0.05) is 17.1 Å². The van der Waals surface area contributed by atoms with Gasteiger partial charge in [0.05, 0.1) is 15.9 Å². The SMILES string of the molecule is CC(C)c1cc(OC(=O)C23CC4CC(CC(OC(=O)c5cc(I)cc(I)c5I)(C4)C2)C3)cc(C23CC4CC(CC(C4)C2)C3)c1S(=O)(=O)[O-]. The number of carbonyl (C=O) groups excluding carboxylic acids is 2. The topological polar surface area (TPSA) is 110 Å². The summed E-state index contributed by atoms with van der Waals surface area (Å²) in [7, 11) is -4.78. The van der Waals surface area contributed by atoms with Gasteiger partial charge in [0.25, 0.3) is 0 Å². The van der Waals surface area contributed by atoms with Crippen molar-refractivity contribution >= 4 is 89.8 Å². The molecule has 48 heavy (non-hydrogen) atoms. The first-order valence-electron chi connectivity index (χ1n) is 17.3. The Balaban J connectivity index is 1.13. The highest BCUT2D eigenvalue weighted by Crippen LogP contribution is 2.64. The second-order valence-electron chi connectivity index (χ2n) is 16.6. The van der Waals surface area contributed by atoms with Gasteiger partial charge >= 0.3 is 11.9 Å². The van der Waals surface area contributed by atoms with Gasteiger partial charge in [-0.05, 0) is 215 Å². The molecule has 8 bridgehead atoms. The van der Waals surface area contributed by atoms with E-state index in [1.807, 2.05) is 26.0 Å². The normalized spacial score (nSPS) is 36.1. The summed E-state index contributed by atoms with van der Waals surface area (Å²) in [5.74, 6) is 1.61. The first-order valence-corrected chi connectivity index (χ1v) is 21.9. The van der Waals surface area contributed by atoms with Crippen LogP contribution in [-0.4, -0.2) is 30.5 Å². The molecule has 8 fully saturated rings. The molecule has 0 aliphatic heterocycles. The molecule has 0 radical (unpaired) electrons. The zero-order chi connectivity index (χ0) is 34.0. The van der Waals surface area contributed by atoms with Crippen LogP contribution in [0.2, 0.25) is 0 Å². The number of hydrogen-bond acceptors (Lipinski definition) is 7. The molecule has 7 nitrogen and oxygen atoms in total. The van der Waals surface area contributed by atoms with Crippen LogP contribution in [0.4, 0.5) is 0 Å². The molecule has 0 N–H and O–H groups in total. The number of halogens is 3. The minimum atomic E-state index is -4.78. The molecule has 0 spiro atoms. The highest BCUT2D eigenvalue weighted by molar-refractivity contribution is 14.1. The van der Waals surface area contributed by atoms with Gasteiger partial charge in [-0.2, -0.15) is 0 Å². The Kier molecular flexibility index (Phi) is 8.65. The molecule has 0 aromatic heterocycles. The zero-order valence-electron chi connectivity index (χ0n) is 27.2. The van der Waals surface area contributed by atoms with E-state index < -0.39 is 21.1 Å². The lowest BCUT2D eigenvalue weighted by Crippen LogP contribution is -2.60. The van der Waals surface area contributed by atoms with Crippen LogP contribution < -0.4 is 4.74 Å². The number of benzene rings is 2. The summed E-state index contributed by atoms with van der Waals surface area (Å²) in [5, 5.41) is 0. The van der Waals surface area contributed by atoms with Crippen LogP contribution in [0.15, 0.2) is 29.2 Å². The van der Waals surface area contributed by atoms with E-state index >= 15 is 0 Å².